The summed E-state index contributed by atoms with van der Waals surface area (Å²) in [7, 11) is 3.08. The van der Waals surface area contributed by atoms with Crippen molar-refractivity contribution in [1.82, 2.24) is 10.0 Å². The third-order valence-electron chi connectivity index (χ3n) is 5.24. The lowest BCUT2D eigenvalue weighted by Crippen LogP contribution is -2.25. The van der Waals surface area contributed by atoms with Gasteiger partial charge in [-0.05, 0) is 52.9 Å². The predicted octanol–water partition coefficient (Wildman–Crippen LogP) is 5.47. The van der Waals surface area contributed by atoms with Gasteiger partial charge >= 0.3 is 0 Å². The molecule has 0 spiro atoms. The van der Waals surface area contributed by atoms with Crippen LogP contribution in [0.3, 0.4) is 0 Å². The maximum atomic E-state index is 12.3. The highest BCUT2D eigenvalue weighted by Gasteiger charge is 2.28. The Bertz CT molecular complexity index is 978. The molecule has 0 radical (unpaired) electrons. The molecule has 0 bridgehead atoms. The molecule has 3 aromatic rings. The Morgan fingerprint density at radius 3 is 2.10 bits per heavy atom. The number of ether oxygens (including phenoxy) is 1. The van der Waals surface area contributed by atoms with Gasteiger partial charge in [0.15, 0.2) is 0 Å². The van der Waals surface area contributed by atoms with E-state index in [4.69, 9.17) is 9.57 Å². The van der Waals surface area contributed by atoms with Crippen molar-refractivity contribution < 1.29 is 14.4 Å². The number of hydroxylamine groups is 2. The molecule has 2 aromatic carbocycles. The molecular weight excluding hydrogens is 388 g/mol. The predicted molar refractivity (Wildman–Crippen MR) is 122 cm³/mol. The summed E-state index contributed by atoms with van der Waals surface area (Å²) in [5, 5.41) is 1.22. The van der Waals surface area contributed by atoms with E-state index in [0.717, 1.165) is 17.0 Å². The summed E-state index contributed by atoms with van der Waals surface area (Å²) in [4.78, 5) is 21.6. The molecular formula is C26H30N2O3. The molecule has 31 heavy (non-hydrogen) atoms. The maximum absolute atomic E-state index is 12.3. The van der Waals surface area contributed by atoms with E-state index in [1.54, 1.807) is 13.2 Å². The number of hydrogen-bond donors (Lipinski definition) is 0. The highest BCUT2D eigenvalue weighted by Crippen LogP contribution is 2.41. The average Bonchev–Trinajstić information content (AvgIpc) is 2.78. The molecule has 1 aromatic heterocycles. The fourth-order valence-electron chi connectivity index (χ4n) is 3.67. The Labute approximate surface area is 184 Å². The van der Waals surface area contributed by atoms with Crippen molar-refractivity contribution in [2.45, 2.75) is 33.3 Å². The van der Waals surface area contributed by atoms with Crippen LogP contribution in [0.5, 0.6) is 5.75 Å². The van der Waals surface area contributed by atoms with Gasteiger partial charge in [-0.25, -0.2) is 5.06 Å². The minimum atomic E-state index is -0.171. The van der Waals surface area contributed by atoms with Gasteiger partial charge in [0.1, 0.15) is 12.4 Å². The monoisotopic (exact) mass is 418 g/mol. The van der Waals surface area contributed by atoms with Crippen molar-refractivity contribution in [3.63, 3.8) is 0 Å². The van der Waals surface area contributed by atoms with E-state index in [2.05, 4.69) is 37.9 Å². The Kier molecular flexibility index (Phi) is 7.08. The average molecular weight is 419 g/mol. The molecule has 0 aliphatic rings. The number of aromatic nitrogens is 1. The fourth-order valence-corrected chi connectivity index (χ4v) is 3.67. The van der Waals surface area contributed by atoms with Crippen molar-refractivity contribution in [3.8, 4) is 5.75 Å². The first-order chi connectivity index (χ1) is 14.8. The van der Waals surface area contributed by atoms with Crippen LogP contribution in [-0.2, 0) is 11.4 Å². The van der Waals surface area contributed by atoms with E-state index in [-0.39, 0.29) is 17.2 Å². The lowest BCUT2D eigenvalue weighted by Gasteiger charge is -2.32. The van der Waals surface area contributed by atoms with E-state index in [1.807, 2.05) is 54.6 Å². The Morgan fingerprint density at radius 1 is 0.968 bits per heavy atom. The Morgan fingerprint density at radius 2 is 1.58 bits per heavy atom. The lowest BCUT2D eigenvalue weighted by atomic mass is 9.72. The van der Waals surface area contributed by atoms with E-state index >= 15 is 0 Å². The summed E-state index contributed by atoms with van der Waals surface area (Å²) in [5.74, 6) is 0.808. The van der Waals surface area contributed by atoms with E-state index < -0.39 is 0 Å². The van der Waals surface area contributed by atoms with Gasteiger partial charge < -0.3 is 4.74 Å². The summed E-state index contributed by atoms with van der Waals surface area (Å²) in [6.07, 6.45) is 1.77. The Balaban J connectivity index is 1.79. The first-order valence-electron chi connectivity index (χ1n) is 10.3. The highest BCUT2D eigenvalue weighted by atomic mass is 16.7. The number of rotatable bonds is 7. The lowest BCUT2D eigenvalue weighted by molar-refractivity contribution is -0.0757. The van der Waals surface area contributed by atoms with E-state index in [0.29, 0.717) is 12.2 Å². The second-order valence-electron chi connectivity index (χ2n) is 8.59. The second-order valence-corrected chi connectivity index (χ2v) is 8.59. The smallest absolute Gasteiger partial charge is 0.277 e. The standard InChI is InChI=1S/C26H30N2O3/c1-26(2,3)24(19-9-11-21(12-10-19)25(29)28(4)30-5)20-13-15-23(16-14-20)31-18-22-8-6-7-17-27-22/h6-17,24H,18H2,1-5H3. The third kappa shape index (κ3) is 5.70. The SMILES string of the molecule is CON(C)C(=O)c1ccc(C(c2ccc(OCc3ccccn3)cc2)C(C)(C)C)cc1. The molecule has 5 nitrogen and oxygen atoms in total. The zero-order valence-corrected chi connectivity index (χ0v) is 18.8. The molecule has 0 saturated heterocycles. The van der Waals surface area contributed by atoms with Crippen molar-refractivity contribution >= 4 is 5.91 Å². The first-order valence-corrected chi connectivity index (χ1v) is 10.3. The number of pyridine rings is 1. The molecule has 5 heteroatoms. The topological polar surface area (TPSA) is 51.7 Å². The summed E-state index contributed by atoms with van der Waals surface area (Å²) in [6, 6.07) is 21.8. The summed E-state index contributed by atoms with van der Waals surface area (Å²) >= 11 is 0. The van der Waals surface area contributed by atoms with Crippen molar-refractivity contribution in [1.29, 1.82) is 0 Å². The summed E-state index contributed by atoms with van der Waals surface area (Å²) in [6.45, 7) is 7.11. The van der Waals surface area contributed by atoms with Gasteiger partial charge in [-0.1, -0.05) is 51.1 Å². The zero-order chi connectivity index (χ0) is 22.4. The maximum Gasteiger partial charge on any atom is 0.277 e. The molecule has 0 fully saturated rings. The van der Waals surface area contributed by atoms with Crippen molar-refractivity contribution in [2.75, 3.05) is 14.2 Å². The number of carbonyl (C=O) groups is 1. The van der Waals surface area contributed by atoms with Gasteiger partial charge in [0.2, 0.25) is 0 Å². The minimum absolute atomic E-state index is 0.00875. The number of nitrogens with zero attached hydrogens (tertiary/aromatic N) is 2. The van der Waals surface area contributed by atoms with Crippen LogP contribution in [0.25, 0.3) is 0 Å². The van der Waals surface area contributed by atoms with Gasteiger partial charge in [0.05, 0.1) is 12.8 Å². The summed E-state index contributed by atoms with van der Waals surface area (Å²) in [5.41, 5.74) is 3.84. The number of benzene rings is 2. The number of carbonyl (C=O) groups excluding carboxylic acids is 1. The summed E-state index contributed by atoms with van der Waals surface area (Å²) < 4.78 is 5.88. The molecule has 0 N–H and O–H groups in total. The van der Waals surface area contributed by atoms with Gasteiger partial charge in [-0.15, -0.1) is 0 Å². The van der Waals surface area contributed by atoms with Gasteiger partial charge in [0, 0.05) is 24.7 Å². The molecule has 0 saturated carbocycles. The van der Waals surface area contributed by atoms with Crippen molar-refractivity contribution in [2.24, 2.45) is 5.41 Å². The van der Waals surface area contributed by atoms with Crippen LogP contribution in [0, 0.1) is 5.41 Å². The Hall–Kier alpha value is -3.18. The minimum Gasteiger partial charge on any atom is -0.487 e. The van der Waals surface area contributed by atoms with Crippen LogP contribution >= 0.6 is 0 Å². The third-order valence-corrected chi connectivity index (χ3v) is 5.24. The molecule has 1 heterocycles. The zero-order valence-electron chi connectivity index (χ0n) is 18.8. The molecule has 0 aliphatic heterocycles. The van der Waals surface area contributed by atoms with Crippen LogP contribution in [-0.4, -0.2) is 30.1 Å². The van der Waals surface area contributed by atoms with Gasteiger partial charge in [-0.3, -0.25) is 14.6 Å². The molecule has 0 aliphatic carbocycles. The second kappa shape index (κ2) is 9.75. The van der Waals surface area contributed by atoms with Crippen LogP contribution in [0.15, 0.2) is 72.9 Å². The largest absolute Gasteiger partial charge is 0.487 e. The molecule has 3 rings (SSSR count). The van der Waals surface area contributed by atoms with Crippen LogP contribution < -0.4 is 4.74 Å². The fraction of sp³-hybridized carbons (Fsp3) is 0.308. The highest BCUT2D eigenvalue weighted by molar-refractivity contribution is 5.93. The number of amides is 1. The van der Waals surface area contributed by atoms with Crippen LogP contribution in [0.2, 0.25) is 0 Å². The molecule has 1 unspecified atom stereocenters. The van der Waals surface area contributed by atoms with Crippen LogP contribution in [0.4, 0.5) is 0 Å². The number of hydrogen-bond acceptors (Lipinski definition) is 4. The first kappa shape index (κ1) is 22.5. The molecule has 1 atom stereocenters. The molecule has 162 valence electrons. The van der Waals surface area contributed by atoms with Gasteiger partial charge in [0.25, 0.3) is 5.91 Å². The van der Waals surface area contributed by atoms with Gasteiger partial charge in [-0.2, -0.15) is 0 Å². The normalized spacial score (nSPS) is 12.3. The van der Waals surface area contributed by atoms with Crippen molar-refractivity contribution in [3.05, 3.63) is 95.3 Å². The van der Waals surface area contributed by atoms with E-state index in [9.17, 15) is 4.79 Å². The molecule has 1 amide bonds. The van der Waals surface area contributed by atoms with Crippen LogP contribution in [0.1, 0.15) is 53.9 Å². The quantitative estimate of drug-likeness (QED) is 0.477. The van der Waals surface area contributed by atoms with E-state index in [1.165, 1.54) is 17.7 Å².